The van der Waals surface area contributed by atoms with E-state index in [9.17, 15) is 20.2 Å². The van der Waals surface area contributed by atoms with Gasteiger partial charge in [-0.1, -0.05) is 0 Å². The second-order valence-corrected chi connectivity index (χ2v) is 8.09. The second-order valence-electron chi connectivity index (χ2n) is 6.11. The third-order valence-corrected chi connectivity index (χ3v) is 6.13. The van der Waals surface area contributed by atoms with Crippen molar-refractivity contribution in [3.63, 3.8) is 0 Å². The van der Waals surface area contributed by atoms with E-state index in [0.29, 0.717) is 10.9 Å². The minimum absolute atomic E-state index is 0.172. The zero-order valence-corrected chi connectivity index (χ0v) is 16.8. The first-order valence-corrected chi connectivity index (χ1v) is 10.9. The molecule has 1 aromatic heterocycles. The molecule has 0 unspecified atom stereocenters. The third kappa shape index (κ3) is 6.69. The number of nitro benzene ring substituents is 2. The topological polar surface area (TPSA) is 130 Å². The molecule has 0 saturated heterocycles. The summed E-state index contributed by atoms with van der Waals surface area (Å²) in [6, 6.07) is 3.71. The van der Waals surface area contributed by atoms with Crippen molar-refractivity contribution in [1.82, 2.24) is 20.2 Å². The molecular formula is C16H22N6O4Se. The van der Waals surface area contributed by atoms with Gasteiger partial charge in [0.2, 0.25) is 0 Å². The number of nitro groups is 2. The van der Waals surface area contributed by atoms with Crippen molar-refractivity contribution in [3.8, 4) is 0 Å². The normalized spacial score (nSPS) is 10.9. The summed E-state index contributed by atoms with van der Waals surface area (Å²) in [5, 5.41) is 34.2. The number of benzene rings is 1. The van der Waals surface area contributed by atoms with Crippen molar-refractivity contribution in [1.29, 1.82) is 0 Å². The average molecular weight is 441 g/mol. The molecule has 0 aliphatic rings. The summed E-state index contributed by atoms with van der Waals surface area (Å²) in [6.45, 7) is 2.93. The number of aryl methyl sites for hydroxylation is 1. The molecule has 11 heteroatoms. The molecule has 1 aromatic carbocycles. The minimum atomic E-state index is -0.619. The van der Waals surface area contributed by atoms with Gasteiger partial charge in [-0.3, -0.25) is 0 Å². The van der Waals surface area contributed by atoms with E-state index >= 15 is 0 Å². The molecule has 0 aliphatic carbocycles. The summed E-state index contributed by atoms with van der Waals surface area (Å²) in [5.74, 6) is 0. The standard InChI is InChI=1S/C16H22N6O4Se/c1-2-3-4-5-6-7-8-20-16(17-18-19-20)27-12-13-9-14(21(23)24)11-15(10-13)22(25)26/h9-11H,2-8,12H2,1H3. The number of hydrogen-bond acceptors (Lipinski definition) is 7. The fourth-order valence-corrected chi connectivity index (χ4v) is 4.33. The van der Waals surface area contributed by atoms with E-state index in [-0.39, 0.29) is 26.3 Å². The van der Waals surface area contributed by atoms with E-state index in [1.54, 1.807) is 4.68 Å². The molecule has 0 radical (unpaired) electrons. The molecule has 0 fully saturated rings. The third-order valence-electron chi connectivity index (χ3n) is 3.97. The van der Waals surface area contributed by atoms with E-state index in [0.717, 1.165) is 30.2 Å². The van der Waals surface area contributed by atoms with E-state index in [2.05, 4.69) is 22.4 Å². The zero-order chi connectivity index (χ0) is 19.6. The first kappa shape index (κ1) is 20.9. The fourth-order valence-electron chi connectivity index (χ4n) is 2.58. The van der Waals surface area contributed by atoms with Crippen molar-refractivity contribution >= 4 is 31.1 Å². The predicted molar refractivity (Wildman–Crippen MR) is 100 cm³/mol. The molecule has 1 heterocycles. The Morgan fingerprint density at radius 3 is 2.26 bits per heavy atom. The van der Waals surface area contributed by atoms with Crippen molar-refractivity contribution in [2.45, 2.75) is 57.3 Å². The van der Waals surface area contributed by atoms with Gasteiger partial charge in [0.25, 0.3) is 0 Å². The molecule has 146 valence electrons. The molecule has 0 saturated carbocycles. The van der Waals surface area contributed by atoms with Crippen LogP contribution in [0.4, 0.5) is 11.4 Å². The summed E-state index contributed by atoms with van der Waals surface area (Å²) < 4.78 is 2.51. The molecule has 2 rings (SSSR count). The maximum atomic E-state index is 11.0. The molecule has 2 aromatic rings. The number of non-ortho nitro benzene ring substituents is 2. The van der Waals surface area contributed by atoms with Gasteiger partial charge in [0.1, 0.15) is 0 Å². The Kier molecular flexibility index (Phi) is 8.28. The number of hydrogen-bond donors (Lipinski definition) is 0. The Labute approximate surface area is 162 Å². The van der Waals surface area contributed by atoms with E-state index < -0.39 is 9.85 Å². The molecule has 0 aliphatic heterocycles. The zero-order valence-electron chi connectivity index (χ0n) is 15.1. The van der Waals surface area contributed by atoms with Gasteiger partial charge in [0.15, 0.2) is 0 Å². The molecule has 0 N–H and O–H groups in total. The molecule has 0 spiro atoms. The Morgan fingerprint density at radius 2 is 1.63 bits per heavy atom. The summed E-state index contributed by atoms with van der Waals surface area (Å²) in [4.78, 5) is 20.7. The summed E-state index contributed by atoms with van der Waals surface area (Å²) in [7, 11) is 0. The Balaban J connectivity index is 1.94. The first-order valence-electron chi connectivity index (χ1n) is 8.83. The van der Waals surface area contributed by atoms with E-state index in [1.165, 1.54) is 37.8 Å². The van der Waals surface area contributed by atoms with Gasteiger partial charge < -0.3 is 0 Å². The van der Waals surface area contributed by atoms with Crippen molar-refractivity contribution in [2.75, 3.05) is 0 Å². The molecule has 0 atom stereocenters. The van der Waals surface area contributed by atoms with Crippen LogP contribution >= 0.6 is 0 Å². The second kappa shape index (κ2) is 10.7. The molecule has 27 heavy (non-hydrogen) atoms. The fraction of sp³-hybridized carbons (Fsp3) is 0.562. The van der Waals surface area contributed by atoms with Crippen LogP contribution in [0.1, 0.15) is 51.0 Å². The van der Waals surface area contributed by atoms with Gasteiger partial charge in [0.05, 0.1) is 0 Å². The average Bonchev–Trinajstić information content (AvgIpc) is 3.10. The quantitative estimate of drug-likeness (QED) is 0.214. The van der Waals surface area contributed by atoms with Crippen LogP contribution in [0.25, 0.3) is 0 Å². The van der Waals surface area contributed by atoms with Crippen LogP contribution in [0.2, 0.25) is 0 Å². The summed E-state index contributed by atoms with van der Waals surface area (Å²) >= 11 is -0.172. The van der Waals surface area contributed by atoms with Gasteiger partial charge in [-0.2, -0.15) is 0 Å². The van der Waals surface area contributed by atoms with Gasteiger partial charge in [-0.15, -0.1) is 0 Å². The molecule has 10 nitrogen and oxygen atoms in total. The molecule has 0 bridgehead atoms. The van der Waals surface area contributed by atoms with Crippen LogP contribution < -0.4 is 4.72 Å². The van der Waals surface area contributed by atoms with Crippen LogP contribution in [0.3, 0.4) is 0 Å². The number of nitrogens with zero attached hydrogens (tertiary/aromatic N) is 6. The van der Waals surface area contributed by atoms with Gasteiger partial charge in [0, 0.05) is 0 Å². The Bertz CT molecular complexity index is 750. The number of tetrazole rings is 1. The maximum absolute atomic E-state index is 11.0. The number of unbranched alkanes of at least 4 members (excludes halogenated alkanes) is 5. The first-order chi connectivity index (χ1) is 13.0. The van der Waals surface area contributed by atoms with Crippen LogP contribution in [0.15, 0.2) is 18.2 Å². The summed E-state index contributed by atoms with van der Waals surface area (Å²) in [6.07, 6.45) is 7.05. The van der Waals surface area contributed by atoms with Crippen LogP contribution in [-0.4, -0.2) is 45.0 Å². The van der Waals surface area contributed by atoms with Gasteiger partial charge in [-0.25, -0.2) is 0 Å². The number of rotatable bonds is 12. The van der Waals surface area contributed by atoms with E-state index in [4.69, 9.17) is 0 Å². The van der Waals surface area contributed by atoms with Gasteiger partial charge >= 0.3 is 162 Å². The van der Waals surface area contributed by atoms with Crippen molar-refractivity contribution < 1.29 is 9.85 Å². The van der Waals surface area contributed by atoms with Crippen molar-refractivity contribution in [3.05, 3.63) is 44.0 Å². The monoisotopic (exact) mass is 442 g/mol. The Hall–Kier alpha value is -2.39. The Morgan fingerprint density at radius 1 is 1.00 bits per heavy atom. The van der Waals surface area contributed by atoms with Crippen molar-refractivity contribution in [2.24, 2.45) is 0 Å². The number of aromatic nitrogens is 4. The summed E-state index contributed by atoms with van der Waals surface area (Å²) in [5.41, 5.74) is -0.00615. The molecule has 0 amide bonds. The van der Waals surface area contributed by atoms with Gasteiger partial charge in [-0.05, 0) is 0 Å². The van der Waals surface area contributed by atoms with Crippen LogP contribution in [0, 0.1) is 20.2 Å². The van der Waals surface area contributed by atoms with Crippen LogP contribution in [-0.2, 0) is 11.9 Å². The SMILES string of the molecule is CCCCCCCCn1nnnc1[Se]Cc1cc([N+](=O)[O-])cc([N+](=O)[O-])c1. The van der Waals surface area contributed by atoms with E-state index in [1.807, 2.05) is 0 Å². The molecular weight excluding hydrogens is 419 g/mol. The van der Waals surface area contributed by atoms with Crippen LogP contribution in [0.5, 0.6) is 0 Å². The predicted octanol–water partition coefficient (Wildman–Crippen LogP) is 2.38.